The molecule has 1 atom stereocenters. The summed E-state index contributed by atoms with van der Waals surface area (Å²) in [5.41, 5.74) is 2.38. The summed E-state index contributed by atoms with van der Waals surface area (Å²) >= 11 is 6.93. The van der Waals surface area contributed by atoms with E-state index in [1.807, 2.05) is 30.3 Å². The van der Waals surface area contributed by atoms with Crippen LogP contribution in [-0.4, -0.2) is 5.33 Å². The molecule has 2 aromatic carbocycles. The van der Waals surface area contributed by atoms with Crippen molar-refractivity contribution in [2.24, 2.45) is 0 Å². The van der Waals surface area contributed by atoms with Gasteiger partial charge in [0.25, 0.3) is 0 Å². The first kappa shape index (κ1) is 13.8. The zero-order valence-corrected chi connectivity index (χ0v) is 13.0. The molecule has 18 heavy (non-hydrogen) atoms. The fourth-order valence-electron chi connectivity index (χ4n) is 1.67. The van der Waals surface area contributed by atoms with Crippen LogP contribution in [0.25, 0.3) is 0 Å². The van der Waals surface area contributed by atoms with Crippen molar-refractivity contribution < 1.29 is 4.74 Å². The third-order valence-corrected chi connectivity index (χ3v) is 3.79. The van der Waals surface area contributed by atoms with Crippen molar-refractivity contribution in [1.82, 2.24) is 0 Å². The van der Waals surface area contributed by atoms with Crippen molar-refractivity contribution in [2.75, 3.05) is 5.33 Å². The van der Waals surface area contributed by atoms with Crippen molar-refractivity contribution in [3.8, 4) is 0 Å². The van der Waals surface area contributed by atoms with E-state index < -0.39 is 0 Å². The minimum atomic E-state index is 0.0925. The third-order valence-electron chi connectivity index (χ3n) is 2.68. The van der Waals surface area contributed by atoms with Crippen molar-refractivity contribution in [2.45, 2.75) is 12.7 Å². The summed E-state index contributed by atoms with van der Waals surface area (Å²) in [5, 5.41) is 0.799. The Bertz CT molecular complexity index is 468. The van der Waals surface area contributed by atoms with Crippen LogP contribution in [-0.2, 0) is 11.3 Å². The van der Waals surface area contributed by atoms with E-state index in [-0.39, 0.29) is 6.10 Å². The lowest BCUT2D eigenvalue weighted by Crippen LogP contribution is -2.05. The van der Waals surface area contributed by atoms with E-state index in [0.29, 0.717) is 6.61 Å². The second-order valence-electron chi connectivity index (χ2n) is 3.99. The summed E-state index contributed by atoms with van der Waals surface area (Å²) in [6, 6.07) is 18.5. The lowest BCUT2D eigenvalue weighted by atomic mass is 10.1. The lowest BCUT2D eigenvalue weighted by molar-refractivity contribution is 0.0566. The van der Waals surface area contributed by atoms with Crippen LogP contribution < -0.4 is 0 Å². The molecule has 0 spiro atoms. The minimum absolute atomic E-state index is 0.0925. The number of benzene rings is 2. The smallest absolute Gasteiger partial charge is 0.0926 e. The lowest BCUT2D eigenvalue weighted by Gasteiger charge is -2.15. The highest BCUT2D eigenvalue weighted by molar-refractivity contribution is 9.10. The summed E-state index contributed by atoms with van der Waals surface area (Å²) in [4.78, 5) is 0. The van der Waals surface area contributed by atoms with E-state index in [9.17, 15) is 0 Å². The first-order valence-corrected chi connectivity index (χ1v) is 7.68. The summed E-state index contributed by atoms with van der Waals surface area (Å²) in [5.74, 6) is 0. The van der Waals surface area contributed by atoms with Crippen LogP contribution in [0.15, 0.2) is 59.1 Å². The van der Waals surface area contributed by atoms with Gasteiger partial charge in [0.2, 0.25) is 0 Å². The number of halogens is 2. The van der Waals surface area contributed by atoms with E-state index in [4.69, 9.17) is 4.74 Å². The number of alkyl halides is 1. The van der Waals surface area contributed by atoms with Gasteiger partial charge in [-0.05, 0) is 23.3 Å². The van der Waals surface area contributed by atoms with Crippen LogP contribution >= 0.6 is 31.9 Å². The zero-order chi connectivity index (χ0) is 12.8. The minimum Gasteiger partial charge on any atom is -0.368 e. The molecule has 0 amide bonds. The van der Waals surface area contributed by atoms with Crippen molar-refractivity contribution in [1.29, 1.82) is 0 Å². The van der Waals surface area contributed by atoms with Gasteiger partial charge in [0.05, 0.1) is 12.7 Å². The molecule has 0 heterocycles. The van der Waals surface area contributed by atoms with E-state index in [1.165, 1.54) is 11.1 Å². The molecule has 0 N–H and O–H groups in total. The molecule has 2 rings (SSSR count). The van der Waals surface area contributed by atoms with E-state index in [2.05, 4.69) is 56.1 Å². The van der Waals surface area contributed by atoms with Crippen LogP contribution in [0.2, 0.25) is 0 Å². The van der Waals surface area contributed by atoms with Gasteiger partial charge in [-0.3, -0.25) is 0 Å². The van der Waals surface area contributed by atoms with E-state index in [1.54, 1.807) is 0 Å². The molecule has 3 heteroatoms. The highest BCUT2D eigenvalue weighted by Crippen LogP contribution is 2.21. The molecule has 2 aromatic rings. The quantitative estimate of drug-likeness (QED) is 0.666. The number of rotatable bonds is 5. The fourth-order valence-corrected chi connectivity index (χ4v) is 2.50. The van der Waals surface area contributed by atoms with Crippen LogP contribution in [0.4, 0.5) is 0 Å². The molecule has 1 nitrogen and oxygen atoms in total. The molecule has 0 bridgehead atoms. The van der Waals surface area contributed by atoms with E-state index >= 15 is 0 Å². The number of hydrogen-bond acceptors (Lipinski definition) is 1. The predicted molar refractivity (Wildman–Crippen MR) is 81.9 cm³/mol. The standard InChI is InChI=1S/C15H14Br2O/c16-10-15(13-4-2-1-3-5-13)18-11-12-6-8-14(17)9-7-12/h1-9,15H,10-11H2. The number of hydrogen-bond donors (Lipinski definition) is 0. The second-order valence-corrected chi connectivity index (χ2v) is 5.55. The molecule has 0 radical (unpaired) electrons. The van der Waals surface area contributed by atoms with Crippen molar-refractivity contribution in [3.63, 3.8) is 0 Å². The molecule has 0 fully saturated rings. The predicted octanol–water partition coefficient (Wildman–Crippen LogP) is 5.10. The summed E-state index contributed by atoms with van der Waals surface area (Å²) < 4.78 is 7.03. The fraction of sp³-hybridized carbons (Fsp3) is 0.200. The first-order chi connectivity index (χ1) is 8.79. The number of ether oxygens (including phenoxy) is 1. The topological polar surface area (TPSA) is 9.23 Å². The monoisotopic (exact) mass is 368 g/mol. The summed E-state index contributed by atoms with van der Waals surface area (Å²) in [6.07, 6.45) is 0.0925. The Labute approximate surface area is 124 Å². The van der Waals surface area contributed by atoms with Crippen LogP contribution in [0.5, 0.6) is 0 Å². The molecular weight excluding hydrogens is 356 g/mol. The average Bonchev–Trinajstić information content (AvgIpc) is 2.43. The van der Waals surface area contributed by atoms with Crippen LogP contribution in [0, 0.1) is 0 Å². The Hall–Kier alpha value is -0.640. The Morgan fingerprint density at radius 1 is 0.944 bits per heavy atom. The van der Waals surface area contributed by atoms with E-state index in [0.717, 1.165) is 9.80 Å². The van der Waals surface area contributed by atoms with Gasteiger partial charge in [-0.1, -0.05) is 74.3 Å². The molecule has 0 aliphatic rings. The Balaban J connectivity index is 1.97. The normalized spacial score (nSPS) is 12.3. The first-order valence-electron chi connectivity index (χ1n) is 5.76. The molecule has 1 unspecified atom stereocenters. The van der Waals surface area contributed by atoms with Gasteiger partial charge >= 0.3 is 0 Å². The Morgan fingerprint density at radius 3 is 2.22 bits per heavy atom. The molecule has 94 valence electrons. The van der Waals surface area contributed by atoms with Gasteiger partial charge < -0.3 is 4.74 Å². The summed E-state index contributed by atoms with van der Waals surface area (Å²) in [6.45, 7) is 0.623. The maximum Gasteiger partial charge on any atom is 0.0926 e. The van der Waals surface area contributed by atoms with Crippen LogP contribution in [0.1, 0.15) is 17.2 Å². The van der Waals surface area contributed by atoms with Gasteiger partial charge in [-0.2, -0.15) is 0 Å². The highest BCUT2D eigenvalue weighted by atomic mass is 79.9. The second kappa shape index (κ2) is 7.07. The van der Waals surface area contributed by atoms with Gasteiger partial charge in [0.1, 0.15) is 0 Å². The van der Waals surface area contributed by atoms with Gasteiger partial charge in [-0.15, -0.1) is 0 Å². The average molecular weight is 370 g/mol. The largest absolute Gasteiger partial charge is 0.368 e. The highest BCUT2D eigenvalue weighted by Gasteiger charge is 2.09. The maximum absolute atomic E-state index is 5.94. The molecule has 0 saturated carbocycles. The van der Waals surface area contributed by atoms with Crippen molar-refractivity contribution >= 4 is 31.9 Å². The Kier molecular flexibility index (Phi) is 5.42. The summed E-state index contributed by atoms with van der Waals surface area (Å²) in [7, 11) is 0. The molecule has 0 aliphatic carbocycles. The van der Waals surface area contributed by atoms with Gasteiger partial charge in [0, 0.05) is 9.80 Å². The molecule has 0 aliphatic heterocycles. The molecular formula is C15H14Br2O. The zero-order valence-electron chi connectivity index (χ0n) is 9.85. The van der Waals surface area contributed by atoms with Gasteiger partial charge in [-0.25, -0.2) is 0 Å². The maximum atomic E-state index is 5.94. The van der Waals surface area contributed by atoms with Gasteiger partial charge in [0.15, 0.2) is 0 Å². The van der Waals surface area contributed by atoms with Crippen molar-refractivity contribution in [3.05, 3.63) is 70.2 Å². The molecule has 0 aromatic heterocycles. The SMILES string of the molecule is BrCC(OCc1ccc(Br)cc1)c1ccccc1. The van der Waals surface area contributed by atoms with Crippen LogP contribution in [0.3, 0.4) is 0 Å². The molecule has 0 saturated heterocycles. The Morgan fingerprint density at radius 2 is 1.61 bits per heavy atom. The third kappa shape index (κ3) is 3.94.